The maximum Gasteiger partial charge on any atom is 0.343 e. The van der Waals surface area contributed by atoms with E-state index in [1.807, 2.05) is 18.7 Å². The van der Waals surface area contributed by atoms with Crippen molar-refractivity contribution in [2.45, 2.75) is 40.3 Å². The molecule has 0 fully saturated rings. The third-order valence-electron chi connectivity index (χ3n) is 4.81. The van der Waals surface area contributed by atoms with Crippen LogP contribution in [-0.4, -0.2) is 46.2 Å². The molecule has 7 heteroatoms. The Balaban J connectivity index is 0.00000420. The third-order valence-corrected chi connectivity index (χ3v) is 4.81. The fourth-order valence-electron chi connectivity index (χ4n) is 3.23. The number of phenols is 2. The van der Waals surface area contributed by atoms with Crippen molar-refractivity contribution in [3.63, 3.8) is 0 Å². The molecule has 0 aliphatic carbocycles. The molecule has 1 unspecified atom stereocenters. The van der Waals surface area contributed by atoms with Gasteiger partial charge in [0.25, 0.3) is 0 Å². The zero-order valence-electron chi connectivity index (χ0n) is 17.1. The van der Waals surface area contributed by atoms with Crippen molar-refractivity contribution in [2.75, 3.05) is 13.1 Å². The van der Waals surface area contributed by atoms with E-state index < -0.39 is 17.9 Å². The molecule has 0 saturated carbocycles. The molecule has 0 bridgehead atoms. The lowest BCUT2D eigenvalue weighted by atomic mass is 9.94. The molecule has 0 aromatic heterocycles. The molecule has 2 rings (SSSR count). The number of phenolic OH excluding ortho intramolecular Hbond substituents is 2. The number of Topliss-reactive ketones (excluding diaryl/α,β-unsaturated/α-hetero) is 1. The number of nitrogens with zero attached hydrogens (tertiary/aromatic N) is 1. The summed E-state index contributed by atoms with van der Waals surface area (Å²) in [5.41, 5.74) is 1.16. The number of esters is 1. The van der Waals surface area contributed by atoms with Gasteiger partial charge in [0.05, 0.1) is 5.56 Å². The first-order chi connectivity index (χ1) is 13.3. The van der Waals surface area contributed by atoms with E-state index in [2.05, 4.69) is 0 Å². The summed E-state index contributed by atoms with van der Waals surface area (Å²) in [6, 6.07) is 9.85. The van der Waals surface area contributed by atoms with E-state index in [0.29, 0.717) is 11.1 Å². The van der Waals surface area contributed by atoms with Crippen LogP contribution in [0.2, 0.25) is 0 Å². The van der Waals surface area contributed by atoms with Crippen molar-refractivity contribution < 1.29 is 24.5 Å². The second kappa shape index (κ2) is 10.8. The van der Waals surface area contributed by atoms with Gasteiger partial charge in [-0.2, -0.15) is 0 Å². The van der Waals surface area contributed by atoms with Crippen LogP contribution in [0.5, 0.6) is 11.5 Å². The van der Waals surface area contributed by atoms with E-state index in [0.717, 1.165) is 13.1 Å². The Bertz CT molecular complexity index is 864. The fraction of sp³-hybridized carbons (Fsp3) is 0.364. The Kier molecular flexibility index (Phi) is 9.14. The number of carbonyl (C=O) groups is 2. The number of ether oxygens (including phenoxy) is 1. The van der Waals surface area contributed by atoms with Crippen LogP contribution < -0.4 is 0 Å². The molecule has 0 spiro atoms. The van der Waals surface area contributed by atoms with E-state index in [9.17, 15) is 19.8 Å². The number of hydrogen-bond donors (Lipinski definition) is 2. The summed E-state index contributed by atoms with van der Waals surface area (Å²) in [5, 5.41) is 20.6. The van der Waals surface area contributed by atoms with Gasteiger partial charge in [0.15, 0.2) is 12.0 Å². The first kappa shape index (κ1) is 24.5. The van der Waals surface area contributed by atoms with Gasteiger partial charge in [0.2, 0.25) is 0 Å². The van der Waals surface area contributed by atoms with Crippen molar-refractivity contribution in [3.05, 3.63) is 58.7 Å². The van der Waals surface area contributed by atoms with Gasteiger partial charge in [-0.15, -0.1) is 12.4 Å². The molecule has 0 aliphatic rings. The van der Waals surface area contributed by atoms with E-state index in [1.54, 1.807) is 37.3 Å². The van der Waals surface area contributed by atoms with Crippen molar-refractivity contribution in [3.8, 4) is 11.5 Å². The second-order valence-corrected chi connectivity index (χ2v) is 6.58. The van der Waals surface area contributed by atoms with Crippen LogP contribution in [-0.2, 0) is 11.2 Å². The SMILES string of the molecule is CCN(CC)C(C)OC(=O)c1ccc(Cc2ccccc2O)c(C(C)=O)c1O.Cl. The first-order valence-corrected chi connectivity index (χ1v) is 9.37. The smallest absolute Gasteiger partial charge is 0.343 e. The normalized spacial score (nSPS) is 11.6. The number of aromatic hydroxyl groups is 2. The molecule has 29 heavy (non-hydrogen) atoms. The molecular formula is C22H28ClNO5. The highest BCUT2D eigenvalue weighted by atomic mass is 35.5. The van der Waals surface area contributed by atoms with Gasteiger partial charge in [-0.3, -0.25) is 9.69 Å². The maximum atomic E-state index is 12.6. The van der Waals surface area contributed by atoms with Gasteiger partial charge in [0, 0.05) is 6.42 Å². The highest BCUT2D eigenvalue weighted by Gasteiger charge is 2.24. The summed E-state index contributed by atoms with van der Waals surface area (Å²) < 4.78 is 5.45. The molecule has 2 N–H and O–H groups in total. The van der Waals surface area contributed by atoms with E-state index in [4.69, 9.17) is 4.74 Å². The predicted molar refractivity (Wildman–Crippen MR) is 114 cm³/mol. The van der Waals surface area contributed by atoms with Gasteiger partial charge in [-0.1, -0.05) is 38.1 Å². The molecule has 0 heterocycles. The largest absolute Gasteiger partial charge is 0.508 e. The van der Waals surface area contributed by atoms with Gasteiger partial charge in [0.1, 0.15) is 17.1 Å². The molecule has 2 aromatic carbocycles. The molecular weight excluding hydrogens is 394 g/mol. The van der Waals surface area contributed by atoms with Crippen molar-refractivity contribution >= 4 is 24.2 Å². The number of halogens is 1. The number of benzene rings is 2. The van der Waals surface area contributed by atoms with Gasteiger partial charge >= 0.3 is 5.97 Å². The third kappa shape index (κ3) is 5.71. The summed E-state index contributed by atoms with van der Waals surface area (Å²) in [4.78, 5) is 26.7. The summed E-state index contributed by atoms with van der Waals surface area (Å²) in [7, 11) is 0. The molecule has 0 radical (unpaired) electrons. The number of ketones is 1. The molecule has 6 nitrogen and oxygen atoms in total. The van der Waals surface area contributed by atoms with Gasteiger partial charge < -0.3 is 14.9 Å². The molecule has 158 valence electrons. The van der Waals surface area contributed by atoms with Crippen LogP contribution in [0, 0.1) is 0 Å². The topological polar surface area (TPSA) is 87.1 Å². The second-order valence-electron chi connectivity index (χ2n) is 6.58. The Morgan fingerprint density at radius 1 is 1.03 bits per heavy atom. The Morgan fingerprint density at radius 2 is 1.66 bits per heavy atom. The Morgan fingerprint density at radius 3 is 2.21 bits per heavy atom. The fourth-order valence-corrected chi connectivity index (χ4v) is 3.23. The van der Waals surface area contributed by atoms with E-state index >= 15 is 0 Å². The van der Waals surface area contributed by atoms with Crippen molar-refractivity contribution in [2.24, 2.45) is 0 Å². The predicted octanol–water partition coefficient (Wildman–Crippen LogP) is 4.16. The Hall–Kier alpha value is -2.57. The lowest BCUT2D eigenvalue weighted by molar-refractivity contribution is -0.0199. The summed E-state index contributed by atoms with van der Waals surface area (Å²) >= 11 is 0. The average molecular weight is 422 g/mol. The molecule has 1 atom stereocenters. The van der Waals surface area contributed by atoms with E-state index in [1.165, 1.54) is 13.0 Å². The number of carbonyl (C=O) groups excluding carboxylic acids is 2. The molecule has 0 saturated heterocycles. The minimum Gasteiger partial charge on any atom is -0.508 e. The molecule has 2 aromatic rings. The zero-order chi connectivity index (χ0) is 20.8. The standard InChI is InChI=1S/C22H27NO5.ClH/c1-5-23(6-2)15(4)28-22(27)18-12-11-17(20(14(3)24)21(18)26)13-16-9-7-8-10-19(16)25;/h7-12,15,25-26H,5-6,13H2,1-4H3;1H. The van der Waals surface area contributed by atoms with Crippen molar-refractivity contribution in [1.82, 2.24) is 4.90 Å². The summed E-state index contributed by atoms with van der Waals surface area (Å²) in [6.45, 7) is 8.46. The van der Waals surface area contributed by atoms with Crippen LogP contribution in [0.1, 0.15) is 59.5 Å². The monoisotopic (exact) mass is 421 g/mol. The van der Waals surface area contributed by atoms with Crippen LogP contribution in [0.3, 0.4) is 0 Å². The minimum absolute atomic E-state index is 0. The van der Waals surface area contributed by atoms with Gasteiger partial charge in [-0.25, -0.2) is 4.79 Å². The Labute approximate surface area is 177 Å². The summed E-state index contributed by atoms with van der Waals surface area (Å²) in [6.07, 6.45) is -0.205. The van der Waals surface area contributed by atoms with Gasteiger partial charge in [-0.05, 0) is 50.2 Å². The van der Waals surface area contributed by atoms with Crippen LogP contribution in [0.4, 0.5) is 0 Å². The van der Waals surface area contributed by atoms with E-state index in [-0.39, 0.29) is 41.5 Å². The maximum absolute atomic E-state index is 12.6. The molecule has 0 amide bonds. The minimum atomic E-state index is -0.687. The summed E-state index contributed by atoms with van der Waals surface area (Å²) in [5.74, 6) is -1.34. The zero-order valence-corrected chi connectivity index (χ0v) is 18.0. The molecule has 0 aliphatic heterocycles. The number of rotatable bonds is 8. The number of hydrogen-bond acceptors (Lipinski definition) is 6. The highest BCUT2D eigenvalue weighted by molar-refractivity contribution is 6.03. The van der Waals surface area contributed by atoms with Crippen LogP contribution in [0.15, 0.2) is 36.4 Å². The average Bonchev–Trinajstić information content (AvgIpc) is 2.64. The van der Waals surface area contributed by atoms with Crippen LogP contribution in [0.25, 0.3) is 0 Å². The highest BCUT2D eigenvalue weighted by Crippen LogP contribution is 2.31. The first-order valence-electron chi connectivity index (χ1n) is 9.37. The van der Waals surface area contributed by atoms with Crippen molar-refractivity contribution in [1.29, 1.82) is 0 Å². The number of para-hydroxylation sites is 1. The van der Waals surface area contributed by atoms with Crippen LogP contribution >= 0.6 is 12.4 Å². The quantitative estimate of drug-likeness (QED) is 0.378. The lowest BCUT2D eigenvalue weighted by Gasteiger charge is -2.26. The lowest BCUT2D eigenvalue weighted by Crippen LogP contribution is -2.36.